The normalized spacial score (nSPS) is 11.2. The highest BCUT2D eigenvalue weighted by molar-refractivity contribution is 9.10. The molecule has 6 heteroatoms. The highest BCUT2D eigenvalue weighted by Gasteiger charge is 2.18. The van der Waals surface area contributed by atoms with E-state index in [2.05, 4.69) is 40.9 Å². The second-order valence-corrected chi connectivity index (χ2v) is 8.72. The Morgan fingerprint density at radius 2 is 1.86 bits per heavy atom. The molecular weight excluding hydrogens is 430 g/mol. The van der Waals surface area contributed by atoms with Crippen LogP contribution in [0.5, 0.6) is 0 Å². The van der Waals surface area contributed by atoms with E-state index >= 15 is 0 Å². The Morgan fingerprint density at radius 3 is 2.52 bits per heavy atom. The molecule has 0 fully saturated rings. The summed E-state index contributed by atoms with van der Waals surface area (Å²) < 4.78 is 3.94. The zero-order chi connectivity index (χ0) is 21.0. The zero-order valence-electron chi connectivity index (χ0n) is 17.1. The Kier molecular flexibility index (Phi) is 6.85. The molecule has 3 aromatic rings. The van der Waals surface area contributed by atoms with E-state index in [1.807, 2.05) is 49.4 Å². The number of Topliss-reactive ketones (excluding diaryl/α,β-unsaturated/α-hetero) is 1. The Morgan fingerprint density at radius 1 is 1.14 bits per heavy atom. The lowest BCUT2D eigenvalue weighted by Crippen LogP contribution is -2.29. The third-order valence-corrected chi connectivity index (χ3v) is 5.20. The van der Waals surface area contributed by atoms with Gasteiger partial charge in [-0.1, -0.05) is 71.7 Å². The summed E-state index contributed by atoms with van der Waals surface area (Å²) in [5.74, 6) is 0.893. The molecule has 0 N–H and O–H groups in total. The molecule has 0 aliphatic heterocycles. The largest absolute Gasteiger partial charge is 0.346 e. The Labute approximate surface area is 179 Å². The van der Waals surface area contributed by atoms with Crippen LogP contribution in [0.4, 0.5) is 0 Å². The summed E-state index contributed by atoms with van der Waals surface area (Å²) >= 11 is 3.43. The zero-order valence-corrected chi connectivity index (χ0v) is 18.6. The minimum atomic E-state index is -0.236. The van der Waals surface area contributed by atoms with Crippen LogP contribution in [0.15, 0.2) is 57.8 Å². The number of carbonyl (C=O) groups is 1. The number of hydrogen-bond donors (Lipinski definition) is 0. The lowest BCUT2D eigenvalue weighted by atomic mass is 10.1. The number of aryl methyl sites for hydroxylation is 2. The van der Waals surface area contributed by atoms with Crippen molar-refractivity contribution in [2.45, 2.75) is 46.7 Å². The van der Waals surface area contributed by atoms with Crippen molar-refractivity contribution in [3.63, 3.8) is 0 Å². The van der Waals surface area contributed by atoms with Crippen LogP contribution in [0, 0.1) is 12.8 Å². The number of halogens is 1. The second kappa shape index (κ2) is 9.35. The molecule has 0 spiro atoms. The Balaban J connectivity index is 1.80. The van der Waals surface area contributed by atoms with Crippen molar-refractivity contribution < 1.29 is 4.79 Å². The summed E-state index contributed by atoms with van der Waals surface area (Å²) in [6.07, 6.45) is 1.06. The first-order valence-corrected chi connectivity index (χ1v) is 10.6. The van der Waals surface area contributed by atoms with Gasteiger partial charge in [-0.05, 0) is 37.0 Å². The summed E-state index contributed by atoms with van der Waals surface area (Å²) in [4.78, 5) is 25.5. The first-order chi connectivity index (χ1) is 13.8. The van der Waals surface area contributed by atoms with Crippen LogP contribution in [0.25, 0.3) is 11.4 Å². The topological polar surface area (TPSA) is 56.9 Å². The highest BCUT2D eigenvalue weighted by atomic mass is 79.9. The van der Waals surface area contributed by atoms with Gasteiger partial charge in [0.05, 0.1) is 0 Å². The average molecular weight is 456 g/mol. The van der Waals surface area contributed by atoms with Crippen LogP contribution in [0.3, 0.4) is 0 Å². The molecule has 2 aromatic carbocycles. The predicted molar refractivity (Wildman–Crippen MR) is 119 cm³/mol. The second-order valence-electron chi connectivity index (χ2n) is 7.80. The van der Waals surface area contributed by atoms with E-state index in [1.165, 1.54) is 10.2 Å². The molecule has 0 saturated carbocycles. The Bertz CT molecular complexity index is 1050. The van der Waals surface area contributed by atoms with E-state index in [9.17, 15) is 9.59 Å². The maximum Gasteiger partial charge on any atom is 0.346 e. The molecule has 0 saturated heterocycles. The van der Waals surface area contributed by atoms with Crippen LogP contribution in [-0.2, 0) is 24.3 Å². The van der Waals surface area contributed by atoms with Gasteiger partial charge in [-0.25, -0.2) is 9.48 Å². The molecule has 1 aromatic heterocycles. The molecule has 0 unspecified atom stereocenters. The van der Waals surface area contributed by atoms with Crippen LogP contribution < -0.4 is 5.69 Å². The van der Waals surface area contributed by atoms with E-state index in [0.717, 1.165) is 15.6 Å². The number of ketones is 1. The molecule has 29 heavy (non-hydrogen) atoms. The third-order valence-electron chi connectivity index (χ3n) is 4.67. The number of benzene rings is 2. The fourth-order valence-electron chi connectivity index (χ4n) is 3.28. The fourth-order valence-corrected chi connectivity index (χ4v) is 3.55. The molecule has 152 valence electrons. The molecule has 5 nitrogen and oxygen atoms in total. The summed E-state index contributed by atoms with van der Waals surface area (Å²) in [5, 5.41) is 4.50. The lowest BCUT2D eigenvalue weighted by Gasteiger charge is -2.08. The Hall–Kier alpha value is -2.47. The summed E-state index contributed by atoms with van der Waals surface area (Å²) in [7, 11) is 0. The number of hydrogen-bond acceptors (Lipinski definition) is 3. The van der Waals surface area contributed by atoms with Crippen molar-refractivity contribution in [1.29, 1.82) is 0 Å². The molecule has 3 rings (SSSR count). The van der Waals surface area contributed by atoms with E-state index in [0.29, 0.717) is 25.2 Å². The van der Waals surface area contributed by atoms with E-state index in [-0.39, 0.29) is 23.9 Å². The van der Waals surface area contributed by atoms with Crippen LogP contribution in [-0.4, -0.2) is 20.1 Å². The fraction of sp³-hybridized carbons (Fsp3) is 0.348. The van der Waals surface area contributed by atoms with Gasteiger partial charge in [0.25, 0.3) is 0 Å². The van der Waals surface area contributed by atoms with Gasteiger partial charge in [0.15, 0.2) is 11.6 Å². The quantitative estimate of drug-likeness (QED) is 0.496. The van der Waals surface area contributed by atoms with Gasteiger partial charge >= 0.3 is 5.69 Å². The summed E-state index contributed by atoms with van der Waals surface area (Å²) in [5.41, 5.74) is 2.93. The van der Waals surface area contributed by atoms with Gasteiger partial charge in [0.2, 0.25) is 0 Å². The van der Waals surface area contributed by atoms with Crippen molar-refractivity contribution in [1.82, 2.24) is 14.3 Å². The van der Waals surface area contributed by atoms with Crippen LogP contribution in [0.1, 0.15) is 31.4 Å². The smallest absolute Gasteiger partial charge is 0.298 e. The SMILES string of the molecule is Cc1cccc(CCC(=O)Cn2nc(-c3ccc(Br)cc3)n(CC(C)C)c2=O)c1. The van der Waals surface area contributed by atoms with Crippen LogP contribution in [0.2, 0.25) is 0 Å². The molecule has 1 heterocycles. The average Bonchev–Trinajstić information content (AvgIpc) is 2.96. The van der Waals surface area contributed by atoms with E-state index in [1.54, 1.807) is 4.57 Å². The van der Waals surface area contributed by atoms with Gasteiger partial charge in [-0.3, -0.25) is 9.36 Å². The van der Waals surface area contributed by atoms with Gasteiger partial charge < -0.3 is 0 Å². The maximum absolute atomic E-state index is 12.9. The third kappa shape index (κ3) is 5.54. The molecule has 0 radical (unpaired) electrons. The highest BCUT2D eigenvalue weighted by Crippen LogP contribution is 2.20. The van der Waals surface area contributed by atoms with Crippen molar-refractivity contribution in [2.24, 2.45) is 5.92 Å². The molecule has 0 aliphatic rings. The van der Waals surface area contributed by atoms with E-state index in [4.69, 9.17) is 0 Å². The predicted octanol–water partition coefficient (Wildman–Crippen LogP) is 4.64. The van der Waals surface area contributed by atoms with Crippen molar-refractivity contribution in [2.75, 3.05) is 0 Å². The molecule has 0 bridgehead atoms. The lowest BCUT2D eigenvalue weighted by molar-refractivity contribution is -0.119. The van der Waals surface area contributed by atoms with Gasteiger partial charge in [-0.15, -0.1) is 5.10 Å². The van der Waals surface area contributed by atoms with E-state index < -0.39 is 0 Å². The minimum Gasteiger partial charge on any atom is -0.298 e. The van der Waals surface area contributed by atoms with Gasteiger partial charge in [-0.2, -0.15) is 0 Å². The minimum absolute atomic E-state index is 0.000722. The number of nitrogens with zero attached hydrogens (tertiary/aromatic N) is 3. The summed E-state index contributed by atoms with van der Waals surface area (Å²) in [6.45, 7) is 6.71. The van der Waals surface area contributed by atoms with Crippen molar-refractivity contribution in [3.05, 3.63) is 74.6 Å². The monoisotopic (exact) mass is 455 g/mol. The molecular formula is C23H26BrN3O2. The van der Waals surface area contributed by atoms with Gasteiger partial charge in [0.1, 0.15) is 6.54 Å². The van der Waals surface area contributed by atoms with Crippen molar-refractivity contribution >= 4 is 21.7 Å². The van der Waals surface area contributed by atoms with Gasteiger partial charge in [0, 0.05) is 23.0 Å². The standard InChI is InChI=1S/C23H26BrN3O2/c1-16(2)14-26-22(19-8-10-20(24)11-9-19)25-27(23(26)29)15-21(28)12-7-18-6-4-5-17(3)13-18/h4-6,8-11,13,16H,7,12,14-15H2,1-3H3. The van der Waals surface area contributed by atoms with Crippen LogP contribution >= 0.6 is 15.9 Å². The van der Waals surface area contributed by atoms with Crippen molar-refractivity contribution in [3.8, 4) is 11.4 Å². The first kappa shape index (κ1) is 21.2. The first-order valence-electron chi connectivity index (χ1n) is 9.84. The number of aromatic nitrogens is 3. The molecule has 0 aliphatic carbocycles. The number of rotatable bonds is 8. The maximum atomic E-state index is 12.9. The number of carbonyl (C=O) groups excluding carboxylic acids is 1. The summed E-state index contributed by atoms with van der Waals surface area (Å²) in [6, 6.07) is 15.8. The molecule has 0 amide bonds. The molecule has 0 atom stereocenters.